The van der Waals surface area contributed by atoms with Crippen LogP contribution in [0.5, 0.6) is 0 Å². The topological polar surface area (TPSA) is 78.7 Å². The maximum atomic E-state index is 12.9. The summed E-state index contributed by atoms with van der Waals surface area (Å²) in [7, 11) is 0. The molecule has 124 valence electrons. The van der Waals surface area contributed by atoms with Crippen LogP contribution in [0, 0.1) is 0 Å². The average Bonchev–Trinajstić information content (AvgIpc) is 3.00. The summed E-state index contributed by atoms with van der Waals surface area (Å²) in [4.78, 5) is 28.1. The van der Waals surface area contributed by atoms with E-state index < -0.39 is 0 Å². The number of anilines is 1. The predicted molar refractivity (Wildman–Crippen MR) is 89.9 cm³/mol. The molecule has 1 aromatic rings. The summed E-state index contributed by atoms with van der Waals surface area (Å²) in [6, 6.07) is 5.06. The number of rotatable bonds is 3. The number of amides is 3. The van der Waals surface area contributed by atoms with E-state index in [-0.39, 0.29) is 18.0 Å². The van der Waals surface area contributed by atoms with Gasteiger partial charge >= 0.3 is 6.03 Å². The van der Waals surface area contributed by atoms with Crippen molar-refractivity contribution in [3.63, 3.8) is 0 Å². The molecule has 6 nitrogen and oxygen atoms in total. The third-order valence-electron chi connectivity index (χ3n) is 4.51. The first-order valence-corrected chi connectivity index (χ1v) is 8.35. The van der Waals surface area contributed by atoms with Crippen molar-refractivity contribution in [1.82, 2.24) is 10.2 Å². The number of carbonyl (C=O) groups is 2. The molecule has 2 saturated heterocycles. The van der Waals surface area contributed by atoms with Crippen molar-refractivity contribution in [3.8, 4) is 0 Å². The molecule has 1 aromatic carbocycles. The maximum absolute atomic E-state index is 12.9. The lowest BCUT2D eigenvalue weighted by Crippen LogP contribution is -2.47. The van der Waals surface area contributed by atoms with Crippen LogP contribution in [-0.2, 0) is 0 Å². The monoisotopic (exact) mass is 336 g/mol. The van der Waals surface area contributed by atoms with E-state index in [0.29, 0.717) is 42.5 Å². The average molecular weight is 337 g/mol. The minimum atomic E-state index is -0.150. The Balaban J connectivity index is 1.89. The fourth-order valence-electron chi connectivity index (χ4n) is 3.23. The van der Waals surface area contributed by atoms with Gasteiger partial charge in [0.1, 0.15) is 0 Å². The summed E-state index contributed by atoms with van der Waals surface area (Å²) < 4.78 is 0. The first-order valence-electron chi connectivity index (χ1n) is 7.98. The molecular formula is C16H21ClN4O2. The van der Waals surface area contributed by atoms with E-state index in [1.54, 1.807) is 23.1 Å². The van der Waals surface area contributed by atoms with E-state index in [1.165, 1.54) is 0 Å². The fraction of sp³-hybridized carbons (Fsp3) is 0.500. The number of hydrogen-bond acceptors (Lipinski definition) is 3. The van der Waals surface area contributed by atoms with Gasteiger partial charge in [-0.25, -0.2) is 4.79 Å². The molecule has 0 spiro atoms. The van der Waals surface area contributed by atoms with Crippen molar-refractivity contribution in [3.05, 3.63) is 28.8 Å². The Kier molecular flexibility index (Phi) is 4.73. The van der Waals surface area contributed by atoms with Crippen LogP contribution in [0.2, 0.25) is 5.02 Å². The lowest BCUT2D eigenvalue weighted by Gasteiger charge is -2.35. The Hall–Kier alpha value is -1.79. The molecular weight excluding hydrogens is 316 g/mol. The summed E-state index contributed by atoms with van der Waals surface area (Å²) in [5.41, 5.74) is 6.93. The van der Waals surface area contributed by atoms with Crippen molar-refractivity contribution in [2.24, 2.45) is 5.73 Å². The lowest BCUT2D eigenvalue weighted by molar-refractivity contribution is 0.0623. The van der Waals surface area contributed by atoms with Gasteiger partial charge in [0.2, 0.25) is 0 Å². The van der Waals surface area contributed by atoms with Crippen molar-refractivity contribution in [2.75, 3.05) is 31.1 Å². The zero-order valence-electron chi connectivity index (χ0n) is 12.9. The molecule has 1 unspecified atom stereocenters. The number of nitrogens with one attached hydrogen (secondary N) is 1. The summed E-state index contributed by atoms with van der Waals surface area (Å²) in [5.74, 6) is -0.105. The molecule has 0 bridgehead atoms. The first-order chi connectivity index (χ1) is 11.1. The minimum absolute atomic E-state index is 0.0612. The summed E-state index contributed by atoms with van der Waals surface area (Å²) in [5, 5.41) is 3.16. The molecule has 3 N–H and O–H groups in total. The van der Waals surface area contributed by atoms with Crippen LogP contribution in [0.1, 0.15) is 29.6 Å². The highest BCUT2D eigenvalue weighted by atomic mass is 35.5. The molecule has 7 heteroatoms. The van der Waals surface area contributed by atoms with E-state index in [1.807, 2.05) is 4.90 Å². The molecule has 3 rings (SSSR count). The second kappa shape index (κ2) is 6.76. The normalized spacial score (nSPS) is 21.5. The Morgan fingerprint density at radius 2 is 2.17 bits per heavy atom. The third-order valence-corrected chi connectivity index (χ3v) is 4.84. The maximum Gasteiger partial charge on any atom is 0.321 e. The number of nitrogens with zero attached hydrogens (tertiary/aromatic N) is 2. The van der Waals surface area contributed by atoms with E-state index in [2.05, 4.69) is 5.32 Å². The van der Waals surface area contributed by atoms with Gasteiger partial charge in [0.05, 0.1) is 10.6 Å². The van der Waals surface area contributed by atoms with E-state index >= 15 is 0 Å². The quantitative estimate of drug-likeness (QED) is 0.883. The molecule has 1 atom stereocenters. The molecule has 0 aliphatic carbocycles. The van der Waals surface area contributed by atoms with Crippen molar-refractivity contribution in [1.29, 1.82) is 0 Å². The number of hydrogen-bond donors (Lipinski definition) is 2. The van der Waals surface area contributed by atoms with E-state index in [4.69, 9.17) is 17.3 Å². The van der Waals surface area contributed by atoms with Gasteiger partial charge in [-0.15, -0.1) is 0 Å². The highest BCUT2D eigenvalue weighted by Crippen LogP contribution is 2.27. The molecule has 0 radical (unpaired) electrons. The summed E-state index contributed by atoms with van der Waals surface area (Å²) >= 11 is 6.25. The fourth-order valence-corrected chi connectivity index (χ4v) is 3.43. The molecule has 2 aliphatic rings. The molecule has 23 heavy (non-hydrogen) atoms. The molecule has 2 fully saturated rings. The highest BCUT2D eigenvalue weighted by molar-refractivity contribution is 6.34. The van der Waals surface area contributed by atoms with Gasteiger partial charge in [-0.05, 0) is 37.5 Å². The lowest BCUT2D eigenvalue weighted by atomic mass is 10.0. The molecule has 2 aliphatic heterocycles. The Labute approximate surface area is 140 Å². The third kappa shape index (κ3) is 3.14. The Morgan fingerprint density at radius 1 is 1.35 bits per heavy atom. The van der Waals surface area contributed by atoms with Gasteiger partial charge in [-0.2, -0.15) is 0 Å². The number of nitrogens with two attached hydrogens (primary N) is 1. The van der Waals surface area contributed by atoms with Gasteiger partial charge in [-0.3, -0.25) is 9.69 Å². The first kappa shape index (κ1) is 16.1. The zero-order valence-corrected chi connectivity index (χ0v) is 13.7. The predicted octanol–water partition coefficient (Wildman–Crippen LogP) is 1.82. The van der Waals surface area contributed by atoms with Crippen LogP contribution < -0.4 is 16.0 Å². The van der Waals surface area contributed by atoms with Crippen LogP contribution in [0.3, 0.4) is 0 Å². The number of carbonyl (C=O) groups excluding carboxylic acids is 2. The summed E-state index contributed by atoms with van der Waals surface area (Å²) in [6.45, 7) is 2.35. The van der Waals surface area contributed by atoms with Gasteiger partial charge in [0.15, 0.2) is 0 Å². The standard InChI is InChI=1S/C16H21ClN4O2/c17-14-5-4-11(21-8-6-19-16(21)23)9-13(14)15(22)20-7-2-1-3-12(20)10-18/h4-5,9,12H,1-3,6-8,10,18H2,(H,19,23). The largest absolute Gasteiger partial charge is 0.336 e. The minimum Gasteiger partial charge on any atom is -0.336 e. The van der Waals surface area contributed by atoms with Gasteiger partial charge in [0, 0.05) is 37.9 Å². The van der Waals surface area contributed by atoms with Crippen LogP contribution >= 0.6 is 11.6 Å². The number of likely N-dealkylation sites (tertiary alicyclic amines) is 1. The van der Waals surface area contributed by atoms with Gasteiger partial charge in [-0.1, -0.05) is 11.6 Å². The SMILES string of the molecule is NCC1CCCCN1C(=O)c1cc(N2CCNC2=O)ccc1Cl. The molecule has 3 amide bonds. The van der Waals surface area contributed by atoms with Gasteiger partial charge in [0.25, 0.3) is 5.91 Å². The molecule has 0 saturated carbocycles. The Bertz CT molecular complexity index is 622. The van der Waals surface area contributed by atoms with Crippen LogP contribution in [0.4, 0.5) is 10.5 Å². The number of halogens is 1. The van der Waals surface area contributed by atoms with Crippen molar-refractivity contribution >= 4 is 29.2 Å². The second-order valence-electron chi connectivity index (χ2n) is 5.93. The second-order valence-corrected chi connectivity index (χ2v) is 6.34. The number of urea groups is 1. The number of benzene rings is 1. The van der Waals surface area contributed by atoms with Crippen LogP contribution in [0.15, 0.2) is 18.2 Å². The van der Waals surface area contributed by atoms with Crippen LogP contribution in [0.25, 0.3) is 0 Å². The summed E-state index contributed by atoms with van der Waals surface area (Å²) in [6.07, 6.45) is 3.00. The number of piperidine rings is 1. The van der Waals surface area contributed by atoms with Crippen LogP contribution in [-0.4, -0.2) is 49.1 Å². The van der Waals surface area contributed by atoms with E-state index in [9.17, 15) is 9.59 Å². The molecule has 2 heterocycles. The smallest absolute Gasteiger partial charge is 0.321 e. The molecule has 0 aromatic heterocycles. The van der Waals surface area contributed by atoms with E-state index in [0.717, 1.165) is 19.3 Å². The van der Waals surface area contributed by atoms with Crippen molar-refractivity contribution in [2.45, 2.75) is 25.3 Å². The van der Waals surface area contributed by atoms with Crippen molar-refractivity contribution < 1.29 is 9.59 Å². The Morgan fingerprint density at radius 3 is 2.87 bits per heavy atom. The highest BCUT2D eigenvalue weighted by Gasteiger charge is 2.29. The zero-order chi connectivity index (χ0) is 16.4. The van der Waals surface area contributed by atoms with Gasteiger partial charge < -0.3 is 16.0 Å².